The summed E-state index contributed by atoms with van der Waals surface area (Å²) in [7, 11) is -4.15. The van der Waals surface area contributed by atoms with Gasteiger partial charge < -0.3 is 5.11 Å². The zero-order valence-electron chi connectivity index (χ0n) is 11.9. The Labute approximate surface area is 130 Å². The van der Waals surface area contributed by atoms with Gasteiger partial charge in [-0.3, -0.25) is 4.98 Å². The molecule has 0 amide bonds. The summed E-state index contributed by atoms with van der Waals surface area (Å²) in [6, 6.07) is 3.29. The van der Waals surface area contributed by atoms with E-state index in [1.165, 1.54) is 0 Å². The molecule has 5 nitrogen and oxygen atoms in total. The maximum Gasteiger partial charge on any atom is 0.242 e. The molecule has 0 spiro atoms. The fourth-order valence-electron chi connectivity index (χ4n) is 1.88. The van der Waals surface area contributed by atoms with Crippen molar-refractivity contribution in [2.75, 3.05) is 6.54 Å². The van der Waals surface area contributed by atoms with E-state index in [4.69, 9.17) is 0 Å². The quantitative estimate of drug-likeness (QED) is 0.863. The number of nitrogens with one attached hydrogen (secondary N) is 1. The van der Waals surface area contributed by atoms with E-state index in [0.29, 0.717) is 6.07 Å². The molecule has 0 aliphatic carbocycles. The number of hydrogen-bond acceptors (Lipinski definition) is 4. The molecule has 0 aliphatic rings. The van der Waals surface area contributed by atoms with Crippen LogP contribution in [0.25, 0.3) is 0 Å². The highest BCUT2D eigenvalue weighted by Crippen LogP contribution is 2.24. The predicted octanol–water partition coefficient (Wildman–Crippen LogP) is 1.68. The van der Waals surface area contributed by atoms with E-state index in [9.17, 15) is 26.7 Å². The lowest BCUT2D eigenvalue weighted by atomic mass is 9.96. The second kappa shape index (κ2) is 6.26. The highest BCUT2D eigenvalue weighted by atomic mass is 32.2. The summed E-state index contributed by atoms with van der Waals surface area (Å²) in [6.07, 6.45) is 1.77. The van der Waals surface area contributed by atoms with Crippen molar-refractivity contribution in [1.29, 1.82) is 0 Å². The third-order valence-corrected chi connectivity index (χ3v) is 4.48. The van der Waals surface area contributed by atoms with Crippen LogP contribution in [0.4, 0.5) is 13.2 Å². The molecule has 0 unspecified atom stereocenters. The standard InChI is InChI=1S/C14H13F3N2O3S/c1-14(20,12-3-2-9(15)5-13(12)17)8-19-23(21,22)11-4-10(16)6-18-7-11/h2-7,19-20H,8H2,1H3/t14-/m0/s1. The molecule has 0 aliphatic heterocycles. The fourth-order valence-corrected chi connectivity index (χ4v) is 2.98. The molecule has 0 fully saturated rings. The van der Waals surface area contributed by atoms with E-state index < -0.39 is 44.5 Å². The van der Waals surface area contributed by atoms with Gasteiger partial charge in [-0.05, 0) is 19.1 Å². The SMILES string of the molecule is C[C@](O)(CNS(=O)(=O)c1cncc(F)c1)c1ccc(F)cc1F. The number of benzene rings is 1. The third-order valence-electron chi connectivity index (χ3n) is 3.11. The highest BCUT2D eigenvalue weighted by molar-refractivity contribution is 7.89. The van der Waals surface area contributed by atoms with Crippen LogP contribution in [0.3, 0.4) is 0 Å². The summed E-state index contributed by atoms with van der Waals surface area (Å²) in [4.78, 5) is 2.98. The van der Waals surface area contributed by atoms with Crippen LogP contribution in [0.15, 0.2) is 41.6 Å². The largest absolute Gasteiger partial charge is 0.384 e. The van der Waals surface area contributed by atoms with Gasteiger partial charge in [0.15, 0.2) is 0 Å². The van der Waals surface area contributed by atoms with Crippen LogP contribution in [0, 0.1) is 17.5 Å². The van der Waals surface area contributed by atoms with Crippen molar-refractivity contribution in [3.63, 3.8) is 0 Å². The maximum absolute atomic E-state index is 13.7. The Morgan fingerprint density at radius 1 is 1.17 bits per heavy atom. The van der Waals surface area contributed by atoms with E-state index in [0.717, 1.165) is 37.5 Å². The molecule has 0 saturated heterocycles. The van der Waals surface area contributed by atoms with Crippen molar-refractivity contribution in [2.45, 2.75) is 17.4 Å². The van der Waals surface area contributed by atoms with Gasteiger partial charge in [0, 0.05) is 24.4 Å². The maximum atomic E-state index is 13.7. The first-order chi connectivity index (χ1) is 10.6. The Morgan fingerprint density at radius 3 is 2.48 bits per heavy atom. The van der Waals surface area contributed by atoms with Crippen molar-refractivity contribution in [3.05, 3.63) is 59.7 Å². The average Bonchev–Trinajstić information content (AvgIpc) is 2.45. The molecule has 1 aromatic heterocycles. The molecule has 2 N–H and O–H groups in total. The number of aliphatic hydroxyl groups is 1. The average molecular weight is 346 g/mol. The minimum atomic E-state index is -4.15. The highest BCUT2D eigenvalue weighted by Gasteiger charge is 2.29. The topological polar surface area (TPSA) is 79.3 Å². The van der Waals surface area contributed by atoms with Crippen LogP contribution in [0.2, 0.25) is 0 Å². The minimum absolute atomic E-state index is 0.279. The first-order valence-corrected chi connectivity index (χ1v) is 7.88. The second-order valence-corrected chi connectivity index (χ2v) is 6.83. The lowest BCUT2D eigenvalue weighted by molar-refractivity contribution is 0.0588. The number of pyridine rings is 1. The number of aromatic nitrogens is 1. The lowest BCUT2D eigenvalue weighted by Crippen LogP contribution is -2.39. The van der Waals surface area contributed by atoms with Crippen LogP contribution >= 0.6 is 0 Å². The molecule has 0 saturated carbocycles. The van der Waals surface area contributed by atoms with E-state index in [-0.39, 0.29) is 5.56 Å². The van der Waals surface area contributed by atoms with Gasteiger partial charge in [0.2, 0.25) is 10.0 Å². The Hall–Kier alpha value is -1.97. The van der Waals surface area contributed by atoms with E-state index >= 15 is 0 Å². The van der Waals surface area contributed by atoms with E-state index in [1.807, 2.05) is 4.72 Å². The summed E-state index contributed by atoms with van der Waals surface area (Å²) >= 11 is 0. The predicted molar refractivity (Wildman–Crippen MR) is 75.3 cm³/mol. The van der Waals surface area contributed by atoms with Gasteiger partial charge in [-0.15, -0.1) is 0 Å². The molecule has 1 heterocycles. The van der Waals surface area contributed by atoms with Crippen LogP contribution in [0.1, 0.15) is 12.5 Å². The summed E-state index contributed by atoms with van der Waals surface area (Å²) in [5.74, 6) is -2.68. The molecule has 1 aromatic carbocycles. The number of halogens is 3. The first kappa shape index (κ1) is 17.4. The normalized spacial score (nSPS) is 14.5. The second-order valence-electron chi connectivity index (χ2n) is 5.06. The molecule has 1 atom stereocenters. The van der Waals surface area contributed by atoms with E-state index in [1.54, 1.807) is 0 Å². The summed E-state index contributed by atoms with van der Waals surface area (Å²) in [6.45, 7) is 0.560. The Bertz CT molecular complexity index is 826. The molecule has 124 valence electrons. The number of rotatable bonds is 5. The zero-order chi connectivity index (χ0) is 17.3. The Balaban J connectivity index is 2.21. The van der Waals surface area contributed by atoms with Crippen molar-refractivity contribution in [3.8, 4) is 0 Å². The van der Waals surface area contributed by atoms with Crippen molar-refractivity contribution < 1.29 is 26.7 Å². The molecule has 23 heavy (non-hydrogen) atoms. The molecule has 9 heteroatoms. The minimum Gasteiger partial charge on any atom is -0.384 e. The van der Waals surface area contributed by atoms with Gasteiger partial charge in [0.1, 0.15) is 27.9 Å². The van der Waals surface area contributed by atoms with Crippen LogP contribution < -0.4 is 4.72 Å². The van der Waals surface area contributed by atoms with Gasteiger partial charge in [0.25, 0.3) is 0 Å². The number of nitrogens with zero attached hydrogens (tertiary/aromatic N) is 1. The first-order valence-electron chi connectivity index (χ1n) is 6.40. The van der Waals surface area contributed by atoms with Gasteiger partial charge in [-0.25, -0.2) is 26.3 Å². The molecular weight excluding hydrogens is 333 g/mol. The van der Waals surface area contributed by atoms with Gasteiger partial charge in [-0.2, -0.15) is 0 Å². The van der Waals surface area contributed by atoms with Gasteiger partial charge in [-0.1, -0.05) is 6.07 Å². The van der Waals surface area contributed by atoms with E-state index in [2.05, 4.69) is 4.98 Å². The summed E-state index contributed by atoms with van der Waals surface area (Å²) in [5, 5.41) is 10.2. The Morgan fingerprint density at radius 2 is 1.87 bits per heavy atom. The third kappa shape index (κ3) is 4.06. The fraction of sp³-hybridized carbons (Fsp3) is 0.214. The summed E-state index contributed by atoms with van der Waals surface area (Å²) in [5.41, 5.74) is -2.22. The number of sulfonamides is 1. The smallest absolute Gasteiger partial charge is 0.242 e. The molecule has 2 aromatic rings. The molecule has 0 radical (unpaired) electrons. The number of hydrogen-bond donors (Lipinski definition) is 2. The molecule has 2 rings (SSSR count). The lowest BCUT2D eigenvalue weighted by Gasteiger charge is -2.24. The monoisotopic (exact) mass is 346 g/mol. The van der Waals surface area contributed by atoms with Crippen LogP contribution in [-0.2, 0) is 15.6 Å². The molecular formula is C14H13F3N2O3S. The van der Waals surface area contributed by atoms with Gasteiger partial charge >= 0.3 is 0 Å². The van der Waals surface area contributed by atoms with Crippen LogP contribution in [-0.4, -0.2) is 25.1 Å². The molecule has 0 bridgehead atoms. The Kier molecular flexibility index (Phi) is 4.73. The summed E-state index contributed by atoms with van der Waals surface area (Å²) < 4.78 is 65.7. The zero-order valence-corrected chi connectivity index (χ0v) is 12.7. The van der Waals surface area contributed by atoms with Crippen molar-refractivity contribution in [1.82, 2.24) is 9.71 Å². The van der Waals surface area contributed by atoms with Crippen molar-refractivity contribution >= 4 is 10.0 Å². The van der Waals surface area contributed by atoms with Gasteiger partial charge in [0.05, 0.1) is 6.20 Å². The van der Waals surface area contributed by atoms with Crippen LogP contribution in [0.5, 0.6) is 0 Å². The van der Waals surface area contributed by atoms with Crippen molar-refractivity contribution in [2.24, 2.45) is 0 Å².